The molecule has 0 bridgehead atoms. The van der Waals surface area contributed by atoms with Crippen molar-refractivity contribution < 1.29 is 0 Å². The van der Waals surface area contributed by atoms with Gasteiger partial charge in [0.15, 0.2) is 0 Å². The van der Waals surface area contributed by atoms with Crippen LogP contribution in [0.2, 0.25) is 0 Å². The van der Waals surface area contributed by atoms with Crippen molar-refractivity contribution >= 4 is 46.1 Å². The van der Waals surface area contributed by atoms with Gasteiger partial charge >= 0.3 is 0 Å². The molecule has 3 aromatic carbocycles. The molecule has 2 heteroatoms. The highest BCUT2D eigenvalue weighted by molar-refractivity contribution is 6.08. The van der Waals surface area contributed by atoms with Gasteiger partial charge in [0.2, 0.25) is 0 Å². The van der Waals surface area contributed by atoms with E-state index in [2.05, 4.69) is 70.7 Å². The van der Waals surface area contributed by atoms with E-state index in [1.165, 1.54) is 11.1 Å². The summed E-state index contributed by atoms with van der Waals surface area (Å²) in [5.41, 5.74) is 6.48. The highest BCUT2D eigenvalue weighted by atomic mass is 14.7. The molecular weight excluding hydrogens is 388 g/mol. The van der Waals surface area contributed by atoms with E-state index in [0.717, 1.165) is 32.9 Å². The van der Waals surface area contributed by atoms with E-state index >= 15 is 0 Å². The second-order valence-electron chi connectivity index (χ2n) is 7.15. The minimum absolute atomic E-state index is 0.928. The van der Waals surface area contributed by atoms with Gasteiger partial charge in [0, 0.05) is 23.2 Å². The maximum Gasteiger partial charge on any atom is 0.0970 e. The molecular formula is C30H26N2. The Hall–Kier alpha value is -4.04. The van der Waals surface area contributed by atoms with Crippen LogP contribution >= 0.6 is 0 Å². The van der Waals surface area contributed by atoms with Gasteiger partial charge in [0.25, 0.3) is 0 Å². The largest absolute Gasteiger partial charge is 0.254 e. The van der Waals surface area contributed by atoms with Gasteiger partial charge in [-0.05, 0) is 34.4 Å². The maximum atomic E-state index is 4.66. The zero-order valence-electron chi connectivity index (χ0n) is 18.4. The van der Waals surface area contributed by atoms with Crippen molar-refractivity contribution in [2.75, 3.05) is 0 Å². The van der Waals surface area contributed by atoms with Crippen LogP contribution in [0.4, 0.5) is 0 Å². The number of hydrogen-bond acceptors (Lipinski definition) is 2. The van der Waals surface area contributed by atoms with E-state index in [4.69, 9.17) is 0 Å². The number of nitrogens with zero attached hydrogens (tertiary/aromatic N) is 2. The summed E-state index contributed by atoms with van der Waals surface area (Å²) in [7, 11) is 0. The van der Waals surface area contributed by atoms with Crippen LogP contribution in [-0.2, 0) is 0 Å². The lowest BCUT2D eigenvalue weighted by Gasteiger charge is -2.07. The summed E-state index contributed by atoms with van der Waals surface area (Å²) in [5.74, 6) is 0. The predicted molar refractivity (Wildman–Crippen MR) is 139 cm³/mol. The molecule has 0 N–H and O–H groups in total. The van der Waals surface area contributed by atoms with Crippen molar-refractivity contribution in [3.63, 3.8) is 0 Å². The number of rotatable bonds is 4. The van der Waals surface area contributed by atoms with E-state index in [9.17, 15) is 0 Å². The first kappa shape index (κ1) is 21.2. The molecule has 0 fully saturated rings. The van der Waals surface area contributed by atoms with E-state index in [1.54, 1.807) is 0 Å². The molecule has 0 amide bonds. The van der Waals surface area contributed by atoms with Crippen LogP contribution < -0.4 is 0 Å². The normalized spacial score (nSPS) is 11.2. The van der Waals surface area contributed by atoms with Gasteiger partial charge in [-0.2, -0.15) is 0 Å². The van der Waals surface area contributed by atoms with Crippen LogP contribution in [0.3, 0.4) is 0 Å². The lowest BCUT2D eigenvalue weighted by atomic mass is 10.0. The Bertz CT molecular complexity index is 1260. The molecule has 2 heterocycles. The number of aromatic nitrogens is 2. The van der Waals surface area contributed by atoms with Gasteiger partial charge in [-0.1, -0.05) is 111 Å². The third-order valence-electron chi connectivity index (χ3n) is 5.20. The number of pyridine rings is 2. The number of benzene rings is 3. The highest BCUT2D eigenvalue weighted by Gasteiger charge is 2.08. The maximum absolute atomic E-state index is 4.66. The van der Waals surface area contributed by atoms with E-state index in [1.807, 2.05) is 74.8 Å². The monoisotopic (exact) mass is 414 g/mol. The minimum atomic E-state index is 0.928. The summed E-state index contributed by atoms with van der Waals surface area (Å²) in [6.45, 7) is 4.00. The fourth-order valence-electron chi connectivity index (χ4n) is 3.66. The van der Waals surface area contributed by atoms with Crippen molar-refractivity contribution in [2.45, 2.75) is 13.8 Å². The van der Waals surface area contributed by atoms with Crippen LogP contribution in [0.5, 0.6) is 0 Å². The average molecular weight is 415 g/mol. The van der Waals surface area contributed by atoms with E-state index in [-0.39, 0.29) is 0 Å². The molecule has 32 heavy (non-hydrogen) atoms. The molecule has 0 saturated heterocycles. The zero-order chi connectivity index (χ0) is 22.2. The first-order valence-electron chi connectivity index (χ1n) is 11.0. The quantitative estimate of drug-likeness (QED) is 0.277. The molecule has 0 atom stereocenters. The van der Waals surface area contributed by atoms with Crippen LogP contribution in [0.15, 0.2) is 97.3 Å². The molecule has 0 saturated carbocycles. The summed E-state index contributed by atoms with van der Waals surface area (Å²) >= 11 is 0. The molecule has 2 aromatic heterocycles. The van der Waals surface area contributed by atoms with E-state index < -0.39 is 0 Å². The molecule has 156 valence electrons. The second-order valence-corrected chi connectivity index (χ2v) is 7.15. The highest BCUT2D eigenvalue weighted by Crippen LogP contribution is 2.28. The third kappa shape index (κ3) is 4.65. The summed E-state index contributed by atoms with van der Waals surface area (Å²) in [6, 6.07) is 29.0. The standard InChI is InChI=1S/C28H20N2.C2H6/c1-3-7-21(8-4-1)11-13-23-17-19-29-27-25(23)15-16-26-24(18-20-30-28(26)27)14-12-22-9-5-2-6-10-22;1-2/h1-20H;1-2H3. The SMILES string of the molecule is C(=Cc1ccnc2c1ccc1c(C=Cc3ccccc3)ccnc12)c1ccccc1.CC. The second kappa shape index (κ2) is 10.3. The van der Waals surface area contributed by atoms with Crippen LogP contribution in [0.1, 0.15) is 36.1 Å². The molecule has 5 aromatic rings. The van der Waals surface area contributed by atoms with Crippen LogP contribution in [0, 0.1) is 0 Å². The van der Waals surface area contributed by atoms with Crippen LogP contribution in [-0.4, -0.2) is 9.97 Å². The number of hydrogen-bond donors (Lipinski definition) is 0. The summed E-state index contributed by atoms with van der Waals surface area (Å²) in [6.07, 6.45) is 12.3. The lowest BCUT2D eigenvalue weighted by molar-refractivity contribution is 1.37. The first-order chi connectivity index (χ1) is 15.9. The Labute approximate surface area is 189 Å². The molecule has 0 unspecified atom stereocenters. The summed E-state index contributed by atoms with van der Waals surface area (Å²) in [5, 5.41) is 2.21. The molecule has 0 aliphatic rings. The van der Waals surface area contributed by atoms with Gasteiger partial charge in [0.1, 0.15) is 0 Å². The Balaban J connectivity index is 0.00000119. The number of fused-ring (bicyclic) bond motifs is 3. The minimum Gasteiger partial charge on any atom is -0.254 e. The molecule has 0 spiro atoms. The average Bonchev–Trinajstić information content (AvgIpc) is 2.88. The van der Waals surface area contributed by atoms with Gasteiger partial charge in [-0.15, -0.1) is 0 Å². The van der Waals surface area contributed by atoms with Gasteiger partial charge in [-0.25, -0.2) is 0 Å². The topological polar surface area (TPSA) is 25.8 Å². The molecule has 0 aliphatic carbocycles. The molecule has 5 rings (SSSR count). The van der Waals surface area contributed by atoms with Crippen molar-refractivity contribution in [1.82, 2.24) is 9.97 Å². The van der Waals surface area contributed by atoms with Crippen molar-refractivity contribution in [1.29, 1.82) is 0 Å². The molecule has 2 nitrogen and oxygen atoms in total. The summed E-state index contributed by atoms with van der Waals surface area (Å²) < 4.78 is 0. The Morgan fingerprint density at radius 2 is 0.875 bits per heavy atom. The smallest absolute Gasteiger partial charge is 0.0970 e. The van der Waals surface area contributed by atoms with Crippen molar-refractivity contribution in [3.05, 3.63) is 120 Å². The third-order valence-corrected chi connectivity index (χ3v) is 5.20. The Kier molecular flexibility index (Phi) is 6.84. The van der Waals surface area contributed by atoms with Crippen LogP contribution in [0.25, 0.3) is 46.1 Å². The van der Waals surface area contributed by atoms with Crippen molar-refractivity contribution in [3.8, 4) is 0 Å². The van der Waals surface area contributed by atoms with Crippen molar-refractivity contribution in [2.24, 2.45) is 0 Å². The zero-order valence-corrected chi connectivity index (χ0v) is 18.4. The van der Waals surface area contributed by atoms with Gasteiger partial charge in [-0.3, -0.25) is 9.97 Å². The lowest BCUT2D eigenvalue weighted by Crippen LogP contribution is -1.89. The Morgan fingerprint density at radius 3 is 1.28 bits per heavy atom. The van der Waals surface area contributed by atoms with E-state index in [0.29, 0.717) is 0 Å². The fourth-order valence-corrected chi connectivity index (χ4v) is 3.66. The summed E-state index contributed by atoms with van der Waals surface area (Å²) in [4.78, 5) is 9.33. The Morgan fingerprint density at radius 1 is 0.469 bits per heavy atom. The molecule has 0 radical (unpaired) electrons. The van der Waals surface area contributed by atoms with Gasteiger partial charge in [0.05, 0.1) is 11.0 Å². The predicted octanol–water partition coefficient (Wildman–Crippen LogP) is 8.15. The fraction of sp³-hybridized carbons (Fsp3) is 0.0667. The van der Waals surface area contributed by atoms with Gasteiger partial charge < -0.3 is 0 Å². The first-order valence-corrected chi connectivity index (χ1v) is 11.0. The molecule has 0 aliphatic heterocycles.